The van der Waals surface area contributed by atoms with Gasteiger partial charge >= 0.3 is 12.1 Å². The number of benzene rings is 3. The zero-order valence-corrected chi connectivity index (χ0v) is 20.0. The summed E-state index contributed by atoms with van der Waals surface area (Å²) >= 11 is 0. The van der Waals surface area contributed by atoms with Crippen molar-refractivity contribution in [3.05, 3.63) is 95.7 Å². The molecule has 2 N–H and O–H groups in total. The third kappa shape index (κ3) is 4.45. The van der Waals surface area contributed by atoms with Crippen LogP contribution in [0.4, 0.5) is 10.6 Å². The molecule has 1 aliphatic rings. The molecule has 1 fully saturated rings. The Bertz CT molecular complexity index is 1410. The smallest absolute Gasteiger partial charge is 0.413 e. The Morgan fingerprint density at radius 3 is 2.39 bits per heavy atom. The van der Waals surface area contributed by atoms with E-state index < -0.39 is 23.6 Å². The van der Waals surface area contributed by atoms with Crippen LogP contribution >= 0.6 is 0 Å². The average Bonchev–Trinajstić information content (AvgIpc) is 3.64. The second-order valence-corrected chi connectivity index (χ2v) is 9.03. The molecule has 1 saturated carbocycles. The van der Waals surface area contributed by atoms with Crippen LogP contribution < -0.4 is 5.32 Å². The summed E-state index contributed by atoms with van der Waals surface area (Å²) in [6, 6.07) is 24.8. The van der Waals surface area contributed by atoms with E-state index in [0.717, 1.165) is 22.3 Å². The first-order valence-electron chi connectivity index (χ1n) is 11.8. The van der Waals surface area contributed by atoms with Gasteiger partial charge in [0.1, 0.15) is 11.8 Å². The number of nitrogens with one attached hydrogen (secondary N) is 1. The number of nitrogens with zero attached hydrogens (tertiary/aromatic N) is 3. The van der Waals surface area contributed by atoms with Crippen LogP contribution in [0.2, 0.25) is 0 Å². The van der Waals surface area contributed by atoms with E-state index in [2.05, 4.69) is 15.6 Å². The van der Waals surface area contributed by atoms with E-state index in [1.165, 1.54) is 0 Å². The zero-order chi connectivity index (χ0) is 25.3. The summed E-state index contributed by atoms with van der Waals surface area (Å²) in [7, 11) is 0. The van der Waals surface area contributed by atoms with E-state index in [-0.39, 0.29) is 0 Å². The standard InChI is InChI=1S/C28H26N4O4/c1-18-25(29-27(35)36-19(2)20-7-4-3-5-8-20)32(31-30-18)24-10-6-9-22(17-24)21-11-13-23(14-12-21)28(15-16-28)26(33)34/h3-14,17,19H,15-16H2,1-2H3,(H,29,35)(H,33,34)/t19-/m1/s1. The van der Waals surface area contributed by atoms with Gasteiger partial charge < -0.3 is 9.84 Å². The highest BCUT2D eigenvalue weighted by Crippen LogP contribution is 2.48. The highest BCUT2D eigenvalue weighted by atomic mass is 16.6. The zero-order valence-electron chi connectivity index (χ0n) is 20.0. The van der Waals surface area contributed by atoms with Crippen molar-refractivity contribution in [2.75, 3.05) is 5.32 Å². The van der Waals surface area contributed by atoms with Gasteiger partial charge in [0.25, 0.3) is 0 Å². The third-order valence-electron chi connectivity index (χ3n) is 6.63. The number of hydrogen-bond acceptors (Lipinski definition) is 5. The van der Waals surface area contributed by atoms with Gasteiger partial charge in [0.15, 0.2) is 5.82 Å². The van der Waals surface area contributed by atoms with E-state index in [4.69, 9.17) is 4.74 Å². The maximum atomic E-state index is 12.6. The van der Waals surface area contributed by atoms with Crippen molar-refractivity contribution in [3.8, 4) is 16.8 Å². The molecule has 8 nitrogen and oxygen atoms in total. The fraction of sp³-hybridized carbons (Fsp3) is 0.214. The van der Waals surface area contributed by atoms with Crippen LogP contribution in [0.25, 0.3) is 16.8 Å². The third-order valence-corrected chi connectivity index (χ3v) is 6.63. The molecule has 0 unspecified atom stereocenters. The maximum absolute atomic E-state index is 12.6. The largest absolute Gasteiger partial charge is 0.481 e. The number of carbonyl (C=O) groups excluding carboxylic acids is 1. The molecule has 4 aromatic rings. The number of rotatable bonds is 7. The lowest BCUT2D eigenvalue weighted by molar-refractivity contribution is -0.140. The van der Waals surface area contributed by atoms with Crippen molar-refractivity contribution in [2.45, 2.75) is 38.2 Å². The van der Waals surface area contributed by atoms with Crippen molar-refractivity contribution < 1.29 is 19.4 Å². The Hall–Kier alpha value is -4.46. The Morgan fingerprint density at radius 2 is 1.72 bits per heavy atom. The predicted molar refractivity (Wildman–Crippen MR) is 135 cm³/mol. The Labute approximate surface area is 208 Å². The highest BCUT2D eigenvalue weighted by molar-refractivity contribution is 5.86. The van der Waals surface area contributed by atoms with Crippen LogP contribution in [0, 0.1) is 6.92 Å². The second-order valence-electron chi connectivity index (χ2n) is 9.03. The predicted octanol–water partition coefficient (Wildman–Crippen LogP) is 5.67. The van der Waals surface area contributed by atoms with Crippen molar-refractivity contribution in [2.24, 2.45) is 0 Å². The molecule has 1 aliphatic carbocycles. The van der Waals surface area contributed by atoms with Crippen LogP contribution in [-0.4, -0.2) is 32.2 Å². The van der Waals surface area contributed by atoms with Gasteiger partial charge in [0, 0.05) is 0 Å². The lowest BCUT2D eigenvalue weighted by atomic mass is 9.94. The second kappa shape index (κ2) is 9.30. The first kappa shape index (κ1) is 23.3. The first-order valence-corrected chi connectivity index (χ1v) is 11.8. The summed E-state index contributed by atoms with van der Waals surface area (Å²) in [5.74, 6) is -0.347. The quantitative estimate of drug-likeness (QED) is 0.352. The molecule has 1 atom stereocenters. The van der Waals surface area contributed by atoms with Gasteiger partial charge in [-0.15, -0.1) is 5.10 Å². The lowest BCUT2D eigenvalue weighted by Crippen LogP contribution is -2.19. The Balaban J connectivity index is 1.35. The molecular weight excluding hydrogens is 456 g/mol. The van der Waals surface area contributed by atoms with E-state index in [0.29, 0.717) is 30.0 Å². The normalized spacial score (nSPS) is 14.6. The fourth-order valence-corrected chi connectivity index (χ4v) is 4.31. The average molecular weight is 483 g/mol. The number of amides is 1. The SMILES string of the molecule is Cc1nnn(-c2cccc(-c3ccc(C4(C(=O)O)CC4)cc3)c2)c1NC(=O)O[C@H](C)c1ccccc1. The van der Waals surface area contributed by atoms with Gasteiger partial charge in [-0.3, -0.25) is 10.1 Å². The molecule has 5 rings (SSSR count). The van der Waals surface area contributed by atoms with Crippen molar-refractivity contribution >= 4 is 17.9 Å². The Kier molecular flexibility index (Phi) is 6.01. The van der Waals surface area contributed by atoms with Crippen LogP contribution in [-0.2, 0) is 14.9 Å². The molecule has 0 radical (unpaired) electrons. The van der Waals surface area contributed by atoms with Gasteiger partial charge in [-0.1, -0.05) is 71.9 Å². The van der Waals surface area contributed by atoms with Gasteiger partial charge in [-0.05, 0) is 61.1 Å². The van der Waals surface area contributed by atoms with E-state index in [9.17, 15) is 14.7 Å². The minimum absolute atomic E-state index is 0.418. The monoisotopic (exact) mass is 482 g/mol. The summed E-state index contributed by atoms with van der Waals surface area (Å²) in [5.41, 5.74) is 4.14. The number of carboxylic acids is 1. The molecule has 3 aromatic carbocycles. The van der Waals surface area contributed by atoms with Crippen molar-refractivity contribution in [1.29, 1.82) is 0 Å². The molecule has 8 heteroatoms. The fourth-order valence-electron chi connectivity index (χ4n) is 4.31. The van der Waals surface area contributed by atoms with Crippen LogP contribution in [0.1, 0.15) is 42.7 Å². The molecule has 0 spiro atoms. The number of aromatic nitrogens is 3. The highest BCUT2D eigenvalue weighted by Gasteiger charge is 2.51. The number of ether oxygens (including phenoxy) is 1. The lowest BCUT2D eigenvalue weighted by Gasteiger charge is -2.15. The van der Waals surface area contributed by atoms with Crippen LogP contribution in [0.3, 0.4) is 0 Å². The Morgan fingerprint density at radius 1 is 1.00 bits per heavy atom. The van der Waals surface area contributed by atoms with Crippen molar-refractivity contribution in [3.63, 3.8) is 0 Å². The molecule has 182 valence electrons. The number of carboxylic acid groups (broad SMARTS) is 1. The van der Waals surface area contributed by atoms with Gasteiger partial charge in [0.2, 0.25) is 0 Å². The number of aryl methyl sites for hydroxylation is 1. The minimum Gasteiger partial charge on any atom is -0.481 e. The summed E-state index contributed by atoms with van der Waals surface area (Å²) in [6.45, 7) is 3.58. The van der Waals surface area contributed by atoms with E-state index in [1.54, 1.807) is 11.6 Å². The van der Waals surface area contributed by atoms with Crippen LogP contribution in [0.15, 0.2) is 78.9 Å². The van der Waals surface area contributed by atoms with E-state index >= 15 is 0 Å². The minimum atomic E-state index is -0.768. The molecule has 36 heavy (non-hydrogen) atoms. The molecule has 1 amide bonds. The summed E-state index contributed by atoms with van der Waals surface area (Å²) in [4.78, 5) is 24.3. The van der Waals surface area contributed by atoms with Crippen molar-refractivity contribution in [1.82, 2.24) is 15.0 Å². The molecular formula is C28H26N4O4. The van der Waals surface area contributed by atoms with E-state index in [1.807, 2.05) is 85.8 Å². The number of carbonyl (C=O) groups is 2. The first-order chi connectivity index (χ1) is 17.4. The van der Waals surface area contributed by atoms with Gasteiger partial charge in [-0.25, -0.2) is 4.79 Å². The van der Waals surface area contributed by atoms with Crippen LogP contribution in [0.5, 0.6) is 0 Å². The maximum Gasteiger partial charge on any atom is 0.413 e. The number of anilines is 1. The molecule has 0 bridgehead atoms. The summed E-state index contributed by atoms with van der Waals surface area (Å²) < 4.78 is 7.11. The number of hydrogen-bond donors (Lipinski definition) is 2. The topological polar surface area (TPSA) is 106 Å². The molecule has 0 saturated heterocycles. The number of aliphatic carboxylic acids is 1. The molecule has 0 aliphatic heterocycles. The van der Waals surface area contributed by atoms with Gasteiger partial charge in [-0.2, -0.15) is 4.68 Å². The van der Waals surface area contributed by atoms with Gasteiger partial charge in [0.05, 0.1) is 11.1 Å². The summed E-state index contributed by atoms with van der Waals surface area (Å²) in [5, 5.41) is 20.7. The molecule has 1 aromatic heterocycles. The summed E-state index contributed by atoms with van der Waals surface area (Å²) in [6.07, 6.45) is 0.325. The molecule has 1 heterocycles.